The summed E-state index contributed by atoms with van der Waals surface area (Å²) in [6.45, 7) is 8.21. The highest BCUT2D eigenvalue weighted by Crippen LogP contribution is 2.19. The van der Waals surface area contributed by atoms with E-state index in [9.17, 15) is 10.1 Å². The molecule has 0 aromatic heterocycles. The fourth-order valence-corrected chi connectivity index (χ4v) is 1.58. The Morgan fingerprint density at radius 1 is 1.26 bits per heavy atom. The lowest BCUT2D eigenvalue weighted by Crippen LogP contribution is -2.50. The van der Waals surface area contributed by atoms with E-state index < -0.39 is 0 Å². The highest BCUT2D eigenvalue weighted by Gasteiger charge is 2.25. The summed E-state index contributed by atoms with van der Waals surface area (Å²) in [5.74, 6) is 0. The zero-order valence-corrected chi connectivity index (χ0v) is 12.0. The van der Waals surface area contributed by atoms with Gasteiger partial charge in [0.2, 0.25) is 6.54 Å². The Hall–Kier alpha value is -1.62. The van der Waals surface area contributed by atoms with Crippen LogP contribution in [0.2, 0.25) is 0 Å². The molecule has 106 valence electrons. The fourth-order valence-electron chi connectivity index (χ4n) is 1.58. The van der Waals surface area contributed by atoms with Gasteiger partial charge in [0.25, 0.3) is 0 Å². The summed E-state index contributed by atoms with van der Waals surface area (Å²) in [6.07, 6.45) is -0.383. The number of nitrogens with zero attached hydrogens (tertiary/aromatic N) is 1. The van der Waals surface area contributed by atoms with Crippen LogP contribution in [0.3, 0.4) is 0 Å². The number of hydrogen-bond donors (Lipinski definition) is 2. The zero-order chi connectivity index (χ0) is 14.5. The molecule has 0 aliphatic rings. The van der Waals surface area contributed by atoms with Crippen molar-refractivity contribution >= 4 is 5.69 Å². The van der Waals surface area contributed by atoms with Gasteiger partial charge in [-0.1, -0.05) is 39.0 Å². The zero-order valence-electron chi connectivity index (χ0n) is 12.0. The lowest BCUT2D eigenvalue weighted by molar-refractivity contribution is -0.482. The van der Waals surface area contributed by atoms with E-state index in [1.807, 2.05) is 37.3 Å². The van der Waals surface area contributed by atoms with E-state index >= 15 is 0 Å². The fraction of sp³-hybridized carbons (Fsp3) is 0.571. The standard InChI is InChI=1S/C14H23N3O2/c1-11(14(2,3)4)15-13(10-17(18)19)16-12-8-6-5-7-9-12/h5-9,11,13,15-16H,10H2,1-4H3. The minimum absolute atomic E-state index is 0.0488. The maximum absolute atomic E-state index is 10.8. The number of nitrogens with one attached hydrogen (secondary N) is 2. The van der Waals surface area contributed by atoms with Gasteiger partial charge in [-0.2, -0.15) is 0 Å². The molecule has 5 nitrogen and oxygen atoms in total. The Kier molecular flexibility index (Phi) is 5.30. The van der Waals surface area contributed by atoms with E-state index in [0.29, 0.717) is 0 Å². The maximum Gasteiger partial charge on any atom is 0.236 e. The van der Waals surface area contributed by atoms with Crippen LogP contribution in [0.5, 0.6) is 0 Å². The summed E-state index contributed by atoms with van der Waals surface area (Å²) >= 11 is 0. The lowest BCUT2D eigenvalue weighted by Gasteiger charge is -2.31. The Morgan fingerprint density at radius 2 is 1.84 bits per heavy atom. The molecule has 19 heavy (non-hydrogen) atoms. The van der Waals surface area contributed by atoms with E-state index in [-0.39, 0.29) is 29.1 Å². The summed E-state index contributed by atoms with van der Waals surface area (Å²) in [5.41, 5.74) is 0.927. The van der Waals surface area contributed by atoms with Crippen LogP contribution in [0.4, 0.5) is 5.69 Å². The molecule has 2 atom stereocenters. The highest BCUT2D eigenvalue weighted by atomic mass is 16.6. The van der Waals surface area contributed by atoms with Crippen molar-refractivity contribution in [2.75, 3.05) is 11.9 Å². The molecule has 0 bridgehead atoms. The van der Waals surface area contributed by atoms with Gasteiger partial charge in [0.15, 0.2) is 0 Å². The Balaban J connectivity index is 2.70. The first kappa shape index (κ1) is 15.4. The largest absolute Gasteiger partial charge is 0.364 e. The van der Waals surface area contributed by atoms with Crippen LogP contribution in [0.1, 0.15) is 27.7 Å². The summed E-state index contributed by atoms with van der Waals surface area (Å²) < 4.78 is 0. The van der Waals surface area contributed by atoms with Crippen LogP contribution >= 0.6 is 0 Å². The minimum Gasteiger partial charge on any atom is -0.364 e. The van der Waals surface area contributed by atoms with Crippen LogP contribution in [0.25, 0.3) is 0 Å². The maximum atomic E-state index is 10.8. The smallest absolute Gasteiger partial charge is 0.236 e. The molecule has 2 unspecified atom stereocenters. The number of anilines is 1. The molecule has 0 heterocycles. The third kappa shape index (κ3) is 5.70. The van der Waals surface area contributed by atoms with Crippen molar-refractivity contribution in [3.8, 4) is 0 Å². The molecular formula is C14H23N3O2. The summed E-state index contributed by atoms with van der Waals surface area (Å²) in [5, 5.41) is 17.2. The van der Waals surface area contributed by atoms with Gasteiger partial charge in [0.1, 0.15) is 6.17 Å². The predicted octanol–water partition coefficient (Wildman–Crippen LogP) is 2.73. The average Bonchev–Trinajstić information content (AvgIpc) is 2.28. The molecule has 2 N–H and O–H groups in total. The van der Waals surface area contributed by atoms with Crippen LogP contribution in [-0.4, -0.2) is 23.7 Å². The molecule has 0 aliphatic carbocycles. The van der Waals surface area contributed by atoms with E-state index in [1.165, 1.54) is 0 Å². The molecule has 0 fully saturated rings. The third-order valence-electron chi connectivity index (χ3n) is 3.20. The normalized spacial score (nSPS) is 14.7. The number of hydrogen-bond acceptors (Lipinski definition) is 4. The van der Waals surface area contributed by atoms with Crippen LogP contribution in [-0.2, 0) is 0 Å². The molecule has 1 aromatic carbocycles. The highest BCUT2D eigenvalue weighted by molar-refractivity contribution is 5.43. The van der Waals surface area contributed by atoms with Gasteiger partial charge in [-0.15, -0.1) is 0 Å². The number of nitro groups is 1. The summed E-state index contributed by atoms with van der Waals surface area (Å²) in [4.78, 5) is 10.5. The Morgan fingerprint density at radius 3 is 2.32 bits per heavy atom. The molecule has 0 amide bonds. The topological polar surface area (TPSA) is 67.2 Å². The van der Waals surface area contributed by atoms with Crippen LogP contribution in [0, 0.1) is 15.5 Å². The van der Waals surface area contributed by atoms with Crippen molar-refractivity contribution in [3.05, 3.63) is 40.4 Å². The second-order valence-electron chi connectivity index (χ2n) is 5.83. The van der Waals surface area contributed by atoms with Gasteiger partial charge >= 0.3 is 0 Å². The average molecular weight is 265 g/mol. The number of rotatable bonds is 6. The van der Waals surface area contributed by atoms with Crippen molar-refractivity contribution in [1.29, 1.82) is 0 Å². The monoisotopic (exact) mass is 265 g/mol. The molecule has 0 radical (unpaired) electrons. The molecule has 1 rings (SSSR count). The van der Waals surface area contributed by atoms with Crippen molar-refractivity contribution in [3.63, 3.8) is 0 Å². The quantitative estimate of drug-likeness (QED) is 0.471. The number of para-hydroxylation sites is 1. The molecule has 5 heteroatoms. The first-order valence-electron chi connectivity index (χ1n) is 6.48. The van der Waals surface area contributed by atoms with Gasteiger partial charge in [-0.25, -0.2) is 0 Å². The van der Waals surface area contributed by atoms with Crippen molar-refractivity contribution in [2.24, 2.45) is 5.41 Å². The Labute approximate surface area is 114 Å². The molecule has 0 spiro atoms. The van der Waals surface area contributed by atoms with E-state index in [0.717, 1.165) is 5.69 Å². The molecule has 0 saturated heterocycles. The SMILES string of the molecule is CC(NC(C[N+](=O)[O-])Nc1ccccc1)C(C)(C)C. The second-order valence-corrected chi connectivity index (χ2v) is 5.83. The summed E-state index contributed by atoms with van der Waals surface area (Å²) in [7, 11) is 0. The molecule has 0 aliphatic heterocycles. The van der Waals surface area contributed by atoms with E-state index in [1.54, 1.807) is 0 Å². The van der Waals surface area contributed by atoms with Gasteiger partial charge in [0.05, 0.1) is 0 Å². The second kappa shape index (κ2) is 6.52. The molecule has 1 aromatic rings. The van der Waals surface area contributed by atoms with E-state index in [2.05, 4.69) is 31.4 Å². The van der Waals surface area contributed by atoms with Gasteiger partial charge in [-0.3, -0.25) is 15.4 Å². The van der Waals surface area contributed by atoms with E-state index in [4.69, 9.17) is 0 Å². The Bertz CT molecular complexity index is 401. The van der Waals surface area contributed by atoms with Crippen LogP contribution < -0.4 is 10.6 Å². The first-order chi connectivity index (χ1) is 8.79. The van der Waals surface area contributed by atoms with Crippen molar-refractivity contribution in [2.45, 2.75) is 39.9 Å². The minimum atomic E-state index is -0.383. The van der Waals surface area contributed by atoms with Gasteiger partial charge < -0.3 is 5.32 Å². The van der Waals surface area contributed by atoms with Crippen molar-refractivity contribution in [1.82, 2.24) is 5.32 Å². The lowest BCUT2D eigenvalue weighted by atomic mass is 9.88. The summed E-state index contributed by atoms with van der Waals surface area (Å²) in [6, 6.07) is 9.68. The predicted molar refractivity (Wildman–Crippen MR) is 77.8 cm³/mol. The number of benzene rings is 1. The van der Waals surface area contributed by atoms with Gasteiger partial charge in [0, 0.05) is 16.7 Å². The molecular weight excluding hydrogens is 242 g/mol. The molecule has 0 saturated carbocycles. The van der Waals surface area contributed by atoms with Crippen LogP contribution in [0.15, 0.2) is 30.3 Å². The first-order valence-corrected chi connectivity index (χ1v) is 6.48. The van der Waals surface area contributed by atoms with Crippen molar-refractivity contribution < 1.29 is 4.92 Å². The third-order valence-corrected chi connectivity index (χ3v) is 3.20. The van der Waals surface area contributed by atoms with Gasteiger partial charge in [-0.05, 0) is 24.5 Å².